The van der Waals surface area contributed by atoms with Gasteiger partial charge in [-0.1, -0.05) is 54.1 Å². The average molecular weight is 521 g/mol. The van der Waals surface area contributed by atoms with Gasteiger partial charge in [-0.05, 0) is 55.0 Å². The molecule has 38 heavy (non-hydrogen) atoms. The fourth-order valence-electron chi connectivity index (χ4n) is 4.68. The van der Waals surface area contributed by atoms with E-state index in [4.69, 9.17) is 26.3 Å². The largest absolute Gasteiger partial charge is 0.504 e. The smallest absolute Gasteiger partial charge is 0.165 e. The normalized spacial score (nSPS) is 11.6. The number of pyridine rings is 1. The molecule has 3 heterocycles. The predicted octanol–water partition coefficient (Wildman–Crippen LogP) is 7.51. The average Bonchev–Trinajstić information content (AvgIpc) is 3.48. The van der Waals surface area contributed by atoms with Crippen molar-refractivity contribution in [3.8, 4) is 22.8 Å². The van der Waals surface area contributed by atoms with Crippen LogP contribution >= 0.6 is 11.6 Å². The minimum Gasteiger partial charge on any atom is -0.504 e. The Hall–Kier alpha value is -4.55. The van der Waals surface area contributed by atoms with E-state index in [0.717, 1.165) is 38.3 Å². The van der Waals surface area contributed by atoms with Gasteiger partial charge in [0.15, 0.2) is 17.3 Å². The van der Waals surface area contributed by atoms with Crippen molar-refractivity contribution in [1.82, 2.24) is 14.0 Å². The molecule has 6 aromatic rings. The fraction of sp³-hybridized carbons (Fsp3) is 0.0968. The molecule has 0 unspecified atom stereocenters. The molecule has 0 atom stereocenters. The number of aromatic hydroxyl groups is 1. The minimum atomic E-state index is 0.0933. The molecule has 0 bridgehead atoms. The molecule has 188 valence electrons. The van der Waals surface area contributed by atoms with Gasteiger partial charge in [-0.3, -0.25) is 4.40 Å². The molecule has 0 saturated carbocycles. The van der Waals surface area contributed by atoms with E-state index in [9.17, 15) is 5.11 Å². The topological polar surface area (TPSA) is 64.0 Å². The van der Waals surface area contributed by atoms with Crippen LogP contribution in [0.25, 0.3) is 27.8 Å². The number of aliphatic imine (C=N–C) groups is 1. The van der Waals surface area contributed by atoms with E-state index in [2.05, 4.69) is 22.9 Å². The highest BCUT2D eigenvalue weighted by molar-refractivity contribution is 6.31. The first-order valence-electron chi connectivity index (χ1n) is 12.4. The molecule has 6 rings (SSSR count). The van der Waals surface area contributed by atoms with Crippen LogP contribution in [0.2, 0.25) is 5.02 Å². The molecule has 0 amide bonds. The number of halogens is 1. The van der Waals surface area contributed by atoms with Crippen LogP contribution in [0.3, 0.4) is 0 Å². The van der Waals surface area contributed by atoms with E-state index >= 15 is 0 Å². The molecular weight excluding hydrogens is 496 g/mol. The lowest BCUT2D eigenvalue weighted by Gasteiger charge is -2.07. The molecule has 0 aliphatic carbocycles. The van der Waals surface area contributed by atoms with Crippen LogP contribution in [-0.4, -0.2) is 31.9 Å². The summed E-state index contributed by atoms with van der Waals surface area (Å²) in [4.78, 5) is 9.81. The lowest BCUT2D eigenvalue weighted by atomic mass is 10.1. The molecule has 6 nitrogen and oxygen atoms in total. The second-order valence-electron chi connectivity index (χ2n) is 8.91. The molecular formula is C31H25ClN4O2. The second-order valence-corrected chi connectivity index (χ2v) is 9.31. The van der Waals surface area contributed by atoms with Crippen molar-refractivity contribution in [2.24, 2.45) is 4.99 Å². The Morgan fingerprint density at radius 2 is 1.82 bits per heavy atom. The zero-order valence-electron chi connectivity index (χ0n) is 20.8. The third-order valence-corrected chi connectivity index (χ3v) is 6.85. The summed E-state index contributed by atoms with van der Waals surface area (Å²) in [7, 11) is 0. The number of phenolic OH excluding ortho intramolecular Hbond substituents is 1. The monoisotopic (exact) mass is 520 g/mol. The molecule has 1 N–H and O–H groups in total. The molecule has 3 aromatic carbocycles. The maximum absolute atomic E-state index is 10.2. The summed E-state index contributed by atoms with van der Waals surface area (Å²) in [5.41, 5.74) is 5.44. The first kappa shape index (κ1) is 23.8. The van der Waals surface area contributed by atoms with Gasteiger partial charge in [0, 0.05) is 52.2 Å². The number of phenols is 1. The Bertz CT molecular complexity index is 1800. The van der Waals surface area contributed by atoms with Crippen molar-refractivity contribution in [2.45, 2.75) is 13.5 Å². The quantitative estimate of drug-likeness (QED) is 0.221. The standard InChI is InChI=1S/C31H25ClN4O2/c1-2-38-28-17-21(14-15-27(28)37)30-31(36-16-8-7-13-29(36)34-30)33-18-23-20-35(26-12-6-4-10-24(23)26)19-22-9-3-5-11-25(22)32/h3-18,20,37H,2,19H2,1H3. The number of rotatable bonds is 7. The number of ether oxygens (including phenoxy) is 1. The zero-order chi connectivity index (χ0) is 26.1. The van der Waals surface area contributed by atoms with Gasteiger partial charge in [0.25, 0.3) is 0 Å². The molecule has 0 spiro atoms. The SMILES string of the molecule is CCOc1cc(-c2nc3ccccn3c2N=Cc2cn(Cc3ccccc3Cl)c3ccccc23)ccc1O. The fourth-order valence-corrected chi connectivity index (χ4v) is 4.88. The van der Waals surface area contributed by atoms with Gasteiger partial charge in [-0.2, -0.15) is 0 Å². The van der Waals surface area contributed by atoms with Gasteiger partial charge in [-0.15, -0.1) is 0 Å². The maximum atomic E-state index is 10.2. The Kier molecular flexibility index (Phi) is 6.32. The Labute approximate surface area is 225 Å². The predicted molar refractivity (Wildman–Crippen MR) is 153 cm³/mol. The molecule has 0 radical (unpaired) electrons. The van der Waals surface area contributed by atoms with Crippen LogP contribution in [0.5, 0.6) is 11.5 Å². The summed E-state index contributed by atoms with van der Waals surface area (Å²) in [6.45, 7) is 2.99. The van der Waals surface area contributed by atoms with Gasteiger partial charge in [0.1, 0.15) is 11.3 Å². The Morgan fingerprint density at radius 1 is 1.00 bits per heavy atom. The third-order valence-electron chi connectivity index (χ3n) is 6.48. The number of imidazole rings is 1. The van der Waals surface area contributed by atoms with Crippen molar-refractivity contribution < 1.29 is 9.84 Å². The molecule has 7 heteroatoms. The summed E-state index contributed by atoms with van der Waals surface area (Å²) < 4.78 is 9.77. The van der Waals surface area contributed by atoms with Crippen molar-refractivity contribution >= 4 is 40.2 Å². The molecule has 0 aliphatic rings. The summed E-state index contributed by atoms with van der Waals surface area (Å²) in [6, 6.07) is 27.3. The highest BCUT2D eigenvalue weighted by Crippen LogP contribution is 2.36. The first-order valence-corrected chi connectivity index (χ1v) is 12.8. The Balaban J connectivity index is 1.45. The summed E-state index contributed by atoms with van der Waals surface area (Å²) in [5.74, 6) is 1.20. The molecule has 3 aromatic heterocycles. The van der Waals surface area contributed by atoms with Crippen LogP contribution in [0, 0.1) is 0 Å². The highest BCUT2D eigenvalue weighted by Gasteiger charge is 2.16. The van der Waals surface area contributed by atoms with Crippen LogP contribution in [0.1, 0.15) is 18.1 Å². The van der Waals surface area contributed by atoms with Crippen LogP contribution in [0.4, 0.5) is 5.82 Å². The minimum absolute atomic E-state index is 0.0933. The molecule has 0 fully saturated rings. The summed E-state index contributed by atoms with van der Waals surface area (Å²) in [6.07, 6.45) is 5.94. The van der Waals surface area contributed by atoms with E-state index in [1.54, 1.807) is 12.1 Å². The maximum Gasteiger partial charge on any atom is 0.165 e. The van der Waals surface area contributed by atoms with Gasteiger partial charge >= 0.3 is 0 Å². The number of aromatic nitrogens is 3. The van der Waals surface area contributed by atoms with Gasteiger partial charge in [0.05, 0.1) is 6.61 Å². The highest BCUT2D eigenvalue weighted by atomic mass is 35.5. The van der Waals surface area contributed by atoms with Crippen molar-refractivity contribution in [2.75, 3.05) is 6.61 Å². The van der Waals surface area contributed by atoms with Crippen molar-refractivity contribution in [3.05, 3.63) is 113 Å². The second kappa shape index (κ2) is 10.1. The van der Waals surface area contributed by atoms with Crippen molar-refractivity contribution in [3.63, 3.8) is 0 Å². The van der Waals surface area contributed by atoms with Gasteiger partial charge < -0.3 is 14.4 Å². The van der Waals surface area contributed by atoms with E-state index in [0.29, 0.717) is 30.4 Å². The van der Waals surface area contributed by atoms with E-state index < -0.39 is 0 Å². The van der Waals surface area contributed by atoms with Crippen LogP contribution < -0.4 is 4.74 Å². The number of hydrogen-bond acceptors (Lipinski definition) is 4. The van der Waals surface area contributed by atoms with E-state index in [1.807, 2.05) is 84.4 Å². The third kappa shape index (κ3) is 4.40. The van der Waals surface area contributed by atoms with Gasteiger partial charge in [0.2, 0.25) is 0 Å². The molecule has 0 aliphatic heterocycles. The van der Waals surface area contributed by atoms with E-state index in [-0.39, 0.29) is 5.75 Å². The zero-order valence-corrected chi connectivity index (χ0v) is 21.5. The van der Waals surface area contributed by atoms with Crippen molar-refractivity contribution in [1.29, 1.82) is 0 Å². The Morgan fingerprint density at radius 3 is 2.68 bits per heavy atom. The lowest BCUT2D eigenvalue weighted by molar-refractivity contribution is 0.318. The first-order chi connectivity index (χ1) is 18.6. The number of nitrogens with zero attached hydrogens (tertiary/aromatic N) is 4. The van der Waals surface area contributed by atoms with Gasteiger partial charge in [-0.25, -0.2) is 9.98 Å². The lowest BCUT2D eigenvalue weighted by Crippen LogP contribution is -1.98. The van der Waals surface area contributed by atoms with E-state index in [1.165, 1.54) is 0 Å². The number of para-hydroxylation sites is 1. The molecule has 0 saturated heterocycles. The number of benzene rings is 3. The summed E-state index contributed by atoms with van der Waals surface area (Å²) in [5, 5.41) is 12.1. The van der Waals surface area contributed by atoms with Crippen LogP contribution in [0.15, 0.2) is 102 Å². The van der Waals surface area contributed by atoms with Crippen LogP contribution in [-0.2, 0) is 6.54 Å². The summed E-state index contributed by atoms with van der Waals surface area (Å²) >= 11 is 6.46. The number of hydrogen-bond donors (Lipinski definition) is 1. The number of fused-ring (bicyclic) bond motifs is 2.